The molecule has 3 nitrogen and oxygen atoms in total. The van der Waals surface area contributed by atoms with Gasteiger partial charge in [0.15, 0.2) is 0 Å². The minimum Gasteiger partial charge on any atom is -0.459 e. The van der Waals surface area contributed by atoms with Crippen molar-refractivity contribution in [3.8, 4) is 5.69 Å². The van der Waals surface area contributed by atoms with Crippen LogP contribution in [0, 0.1) is 6.92 Å². The van der Waals surface area contributed by atoms with Crippen molar-refractivity contribution in [2.45, 2.75) is 6.92 Å². The Balaban J connectivity index is 2.39. The van der Waals surface area contributed by atoms with Crippen LogP contribution in [0.2, 0.25) is 0 Å². The lowest BCUT2D eigenvalue weighted by Gasteiger charge is -1.99. The Morgan fingerprint density at radius 3 is 2.93 bits per heavy atom. The smallest absolute Gasteiger partial charge is 0.136 e. The van der Waals surface area contributed by atoms with Crippen molar-refractivity contribution in [3.05, 3.63) is 48.7 Å². The number of hydrogen-bond donors (Lipinski definition) is 0. The second-order valence-corrected chi connectivity index (χ2v) is 3.47. The molecule has 2 heterocycles. The third-order valence-electron chi connectivity index (χ3n) is 2.50. The van der Waals surface area contributed by atoms with Crippen molar-refractivity contribution < 1.29 is 4.42 Å². The van der Waals surface area contributed by atoms with Crippen LogP contribution in [0.15, 0.2) is 47.4 Å². The second kappa shape index (κ2) is 2.98. The van der Waals surface area contributed by atoms with E-state index in [4.69, 9.17) is 4.42 Å². The molecule has 3 heteroatoms. The van der Waals surface area contributed by atoms with Crippen molar-refractivity contribution in [3.63, 3.8) is 0 Å². The van der Waals surface area contributed by atoms with Crippen LogP contribution in [0.4, 0.5) is 0 Å². The van der Waals surface area contributed by atoms with E-state index < -0.39 is 0 Å². The molecule has 0 bridgehead atoms. The maximum Gasteiger partial charge on any atom is 0.136 e. The van der Waals surface area contributed by atoms with Crippen molar-refractivity contribution in [2.75, 3.05) is 0 Å². The van der Waals surface area contributed by atoms with Crippen LogP contribution in [0.25, 0.3) is 16.7 Å². The van der Waals surface area contributed by atoms with Crippen LogP contribution in [0.1, 0.15) is 5.76 Å². The second-order valence-electron chi connectivity index (χ2n) is 3.47. The first-order valence-corrected chi connectivity index (χ1v) is 4.83. The normalized spacial score (nSPS) is 11.0. The van der Waals surface area contributed by atoms with Gasteiger partial charge in [0.2, 0.25) is 0 Å². The van der Waals surface area contributed by atoms with Crippen molar-refractivity contribution in [2.24, 2.45) is 0 Å². The quantitative estimate of drug-likeness (QED) is 0.602. The Morgan fingerprint density at radius 1 is 1.27 bits per heavy atom. The van der Waals surface area contributed by atoms with Gasteiger partial charge in [0.25, 0.3) is 0 Å². The molecule has 0 fully saturated rings. The van der Waals surface area contributed by atoms with Crippen LogP contribution < -0.4 is 0 Å². The lowest BCUT2D eigenvalue weighted by atomic mass is 10.2. The van der Waals surface area contributed by atoms with Gasteiger partial charge in [-0.05, 0) is 19.1 Å². The largest absolute Gasteiger partial charge is 0.459 e. The Hall–Kier alpha value is -2.03. The predicted octanol–water partition coefficient (Wildman–Crippen LogP) is 2.93. The standard InChI is InChI=1S/C12H10N2O/c1-9-12(14-7-6-13-8-14)10-4-2-3-5-11(10)15-9/h2-8H,1H3. The number of aromatic nitrogens is 2. The van der Waals surface area contributed by atoms with E-state index in [1.807, 2.05) is 35.9 Å². The molecule has 3 rings (SSSR count). The molecule has 15 heavy (non-hydrogen) atoms. The van der Waals surface area contributed by atoms with E-state index >= 15 is 0 Å². The van der Waals surface area contributed by atoms with Gasteiger partial charge >= 0.3 is 0 Å². The van der Waals surface area contributed by atoms with Crippen molar-refractivity contribution in [1.82, 2.24) is 9.55 Å². The maximum absolute atomic E-state index is 5.67. The van der Waals surface area contributed by atoms with Crippen molar-refractivity contribution >= 4 is 11.0 Å². The topological polar surface area (TPSA) is 31.0 Å². The van der Waals surface area contributed by atoms with Gasteiger partial charge in [0, 0.05) is 17.8 Å². The van der Waals surface area contributed by atoms with Gasteiger partial charge in [-0.15, -0.1) is 0 Å². The van der Waals surface area contributed by atoms with E-state index in [1.54, 1.807) is 12.5 Å². The Morgan fingerprint density at radius 2 is 2.13 bits per heavy atom. The summed E-state index contributed by atoms with van der Waals surface area (Å²) < 4.78 is 7.65. The number of imidazole rings is 1. The lowest BCUT2D eigenvalue weighted by Crippen LogP contribution is -1.89. The summed E-state index contributed by atoms with van der Waals surface area (Å²) in [5.74, 6) is 0.911. The number of para-hydroxylation sites is 1. The van der Waals surface area contributed by atoms with Crippen LogP contribution in [-0.4, -0.2) is 9.55 Å². The van der Waals surface area contributed by atoms with Gasteiger partial charge in [-0.1, -0.05) is 12.1 Å². The minimum absolute atomic E-state index is 0.911. The number of furan rings is 1. The molecule has 0 unspecified atom stereocenters. The summed E-state index contributed by atoms with van der Waals surface area (Å²) in [6.07, 6.45) is 5.47. The van der Waals surface area contributed by atoms with Crippen LogP contribution in [0.3, 0.4) is 0 Å². The van der Waals surface area contributed by atoms with Gasteiger partial charge in [-0.2, -0.15) is 0 Å². The van der Waals surface area contributed by atoms with Crippen LogP contribution in [-0.2, 0) is 0 Å². The van der Waals surface area contributed by atoms with Gasteiger partial charge in [-0.3, -0.25) is 0 Å². The zero-order valence-electron chi connectivity index (χ0n) is 8.34. The van der Waals surface area contributed by atoms with Crippen LogP contribution in [0.5, 0.6) is 0 Å². The third kappa shape index (κ3) is 1.16. The van der Waals surface area contributed by atoms with E-state index in [0.717, 1.165) is 22.4 Å². The number of aryl methyl sites for hydroxylation is 1. The molecule has 2 aromatic heterocycles. The maximum atomic E-state index is 5.67. The molecule has 0 aliphatic rings. The monoisotopic (exact) mass is 198 g/mol. The molecule has 0 saturated heterocycles. The Bertz CT molecular complexity index is 593. The molecular weight excluding hydrogens is 188 g/mol. The van der Waals surface area contributed by atoms with E-state index in [2.05, 4.69) is 11.1 Å². The summed E-state index contributed by atoms with van der Waals surface area (Å²) in [6.45, 7) is 1.97. The fraction of sp³-hybridized carbons (Fsp3) is 0.0833. The molecule has 0 radical (unpaired) electrons. The zero-order chi connectivity index (χ0) is 10.3. The molecule has 74 valence electrons. The fourth-order valence-corrected chi connectivity index (χ4v) is 1.87. The summed E-state index contributed by atoms with van der Waals surface area (Å²) in [5.41, 5.74) is 1.99. The number of rotatable bonds is 1. The summed E-state index contributed by atoms with van der Waals surface area (Å²) >= 11 is 0. The minimum atomic E-state index is 0.911. The molecule has 0 aliphatic heterocycles. The first-order chi connectivity index (χ1) is 7.36. The Kier molecular flexibility index (Phi) is 1.65. The van der Waals surface area contributed by atoms with Gasteiger partial charge in [-0.25, -0.2) is 4.98 Å². The average Bonchev–Trinajstić information content (AvgIpc) is 2.82. The first-order valence-electron chi connectivity index (χ1n) is 4.83. The molecule has 0 spiro atoms. The highest BCUT2D eigenvalue weighted by molar-refractivity contribution is 5.87. The van der Waals surface area contributed by atoms with E-state index in [-0.39, 0.29) is 0 Å². The highest BCUT2D eigenvalue weighted by Crippen LogP contribution is 2.28. The molecular formula is C12H10N2O. The fourth-order valence-electron chi connectivity index (χ4n) is 1.87. The summed E-state index contributed by atoms with van der Waals surface area (Å²) in [5, 5.41) is 1.12. The number of benzene rings is 1. The van der Waals surface area contributed by atoms with E-state index in [9.17, 15) is 0 Å². The summed E-state index contributed by atoms with van der Waals surface area (Å²) in [7, 11) is 0. The predicted molar refractivity (Wildman–Crippen MR) is 58.1 cm³/mol. The molecule has 1 aromatic carbocycles. The van der Waals surface area contributed by atoms with Crippen molar-refractivity contribution in [1.29, 1.82) is 0 Å². The molecule has 0 atom stereocenters. The third-order valence-corrected chi connectivity index (χ3v) is 2.50. The molecule has 0 aliphatic carbocycles. The highest BCUT2D eigenvalue weighted by atomic mass is 16.3. The zero-order valence-corrected chi connectivity index (χ0v) is 8.34. The van der Waals surface area contributed by atoms with Gasteiger partial charge in [0.1, 0.15) is 11.3 Å². The van der Waals surface area contributed by atoms with E-state index in [1.165, 1.54) is 0 Å². The van der Waals surface area contributed by atoms with Gasteiger partial charge in [0.05, 0.1) is 12.0 Å². The number of nitrogens with zero attached hydrogens (tertiary/aromatic N) is 2. The molecule has 0 saturated carbocycles. The number of hydrogen-bond acceptors (Lipinski definition) is 2. The molecule has 0 amide bonds. The highest BCUT2D eigenvalue weighted by Gasteiger charge is 2.10. The first kappa shape index (κ1) is 8.29. The van der Waals surface area contributed by atoms with Crippen LogP contribution >= 0.6 is 0 Å². The Labute approximate surface area is 87.0 Å². The SMILES string of the molecule is Cc1oc2ccccc2c1-n1ccnc1. The number of fused-ring (bicyclic) bond motifs is 1. The lowest BCUT2D eigenvalue weighted by molar-refractivity contribution is 0.575. The average molecular weight is 198 g/mol. The molecule has 3 aromatic rings. The van der Waals surface area contributed by atoms with E-state index in [0.29, 0.717) is 0 Å². The summed E-state index contributed by atoms with van der Waals surface area (Å²) in [4.78, 5) is 4.05. The van der Waals surface area contributed by atoms with Gasteiger partial charge < -0.3 is 8.98 Å². The summed E-state index contributed by atoms with van der Waals surface area (Å²) in [6, 6.07) is 8.02. The molecule has 0 N–H and O–H groups in total.